The Kier molecular flexibility index (Phi) is 6.40. The average Bonchev–Trinajstić information content (AvgIpc) is 3.10. The second-order valence-electron chi connectivity index (χ2n) is 7.85. The van der Waals surface area contributed by atoms with E-state index < -0.39 is 5.54 Å². The maximum Gasteiger partial charge on any atom is 0.123 e. The first-order chi connectivity index (χ1) is 13.0. The third-order valence-corrected chi connectivity index (χ3v) is 5.63. The molecule has 1 fully saturated rings. The Bertz CT molecular complexity index is 731. The minimum Gasteiger partial charge on any atom is -0.497 e. The highest BCUT2D eigenvalue weighted by Crippen LogP contribution is 2.39. The van der Waals surface area contributed by atoms with Crippen LogP contribution in [0.25, 0.3) is 0 Å². The lowest BCUT2D eigenvalue weighted by Gasteiger charge is -2.21. The lowest BCUT2D eigenvalue weighted by Crippen LogP contribution is -2.40. The summed E-state index contributed by atoms with van der Waals surface area (Å²) < 4.78 is 11.2. The predicted octanol–water partition coefficient (Wildman–Crippen LogP) is 4.05. The van der Waals surface area contributed by atoms with Crippen LogP contribution in [0.15, 0.2) is 48.5 Å². The van der Waals surface area contributed by atoms with Crippen LogP contribution in [0.5, 0.6) is 11.5 Å². The number of aliphatic hydroxyl groups is 1. The Labute approximate surface area is 162 Å². The molecule has 0 bridgehead atoms. The van der Waals surface area contributed by atoms with E-state index in [4.69, 9.17) is 15.2 Å². The van der Waals surface area contributed by atoms with Gasteiger partial charge < -0.3 is 20.3 Å². The Hall–Kier alpha value is -2.04. The van der Waals surface area contributed by atoms with E-state index in [-0.39, 0.29) is 12.7 Å². The van der Waals surface area contributed by atoms with Crippen LogP contribution in [-0.2, 0) is 6.42 Å². The van der Waals surface area contributed by atoms with Crippen LogP contribution in [0.3, 0.4) is 0 Å². The minimum absolute atomic E-state index is 0.0762. The first-order valence-electron chi connectivity index (χ1n) is 9.80. The highest BCUT2D eigenvalue weighted by molar-refractivity contribution is 5.33. The van der Waals surface area contributed by atoms with E-state index in [2.05, 4.69) is 31.2 Å². The molecule has 3 N–H and O–H groups in total. The van der Waals surface area contributed by atoms with Crippen LogP contribution in [0.2, 0.25) is 0 Å². The molecule has 0 aromatic heterocycles. The number of methoxy groups -OCH3 is 1. The summed E-state index contributed by atoms with van der Waals surface area (Å²) in [7, 11) is 1.66. The molecule has 0 spiro atoms. The fraction of sp³-hybridized carbons (Fsp3) is 0.478. The SMILES string of the molecule is COc1cccc(O[C@@H](C)CCc2ccc([C@@H]3CC[C@](N)(CO)C3)cc2)c1. The second-order valence-corrected chi connectivity index (χ2v) is 7.85. The van der Waals surface area contributed by atoms with Gasteiger partial charge >= 0.3 is 0 Å². The van der Waals surface area contributed by atoms with E-state index in [0.717, 1.165) is 43.6 Å². The molecule has 3 atom stereocenters. The largest absolute Gasteiger partial charge is 0.497 e. The molecule has 27 heavy (non-hydrogen) atoms. The second kappa shape index (κ2) is 8.77. The summed E-state index contributed by atoms with van der Waals surface area (Å²) in [5, 5.41) is 9.45. The van der Waals surface area contributed by atoms with Crippen molar-refractivity contribution in [3.05, 3.63) is 59.7 Å². The van der Waals surface area contributed by atoms with Crippen LogP contribution in [0.4, 0.5) is 0 Å². The summed E-state index contributed by atoms with van der Waals surface area (Å²) in [5.74, 6) is 2.11. The molecule has 1 aliphatic carbocycles. The van der Waals surface area contributed by atoms with Crippen molar-refractivity contribution in [1.82, 2.24) is 0 Å². The van der Waals surface area contributed by atoms with Crippen molar-refractivity contribution in [2.24, 2.45) is 5.73 Å². The van der Waals surface area contributed by atoms with Crippen molar-refractivity contribution in [2.45, 2.75) is 56.6 Å². The molecule has 0 aliphatic heterocycles. The molecule has 1 aliphatic rings. The fourth-order valence-corrected chi connectivity index (χ4v) is 3.88. The first-order valence-corrected chi connectivity index (χ1v) is 9.80. The first kappa shape index (κ1) is 19.7. The van der Waals surface area contributed by atoms with Gasteiger partial charge in [0.25, 0.3) is 0 Å². The van der Waals surface area contributed by atoms with Crippen molar-refractivity contribution >= 4 is 0 Å². The van der Waals surface area contributed by atoms with Crippen LogP contribution in [-0.4, -0.2) is 30.5 Å². The molecular formula is C23H31NO3. The van der Waals surface area contributed by atoms with Crippen molar-refractivity contribution < 1.29 is 14.6 Å². The molecule has 3 rings (SSSR count). The van der Waals surface area contributed by atoms with Gasteiger partial charge in [0.15, 0.2) is 0 Å². The van der Waals surface area contributed by atoms with Crippen molar-refractivity contribution in [3.63, 3.8) is 0 Å². The van der Waals surface area contributed by atoms with E-state index in [1.807, 2.05) is 24.3 Å². The lowest BCUT2D eigenvalue weighted by molar-refractivity contribution is 0.198. The molecule has 0 radical (unpaired) electrons. The van der Waals surface area contributed by atoms with Gasteiger partial charge in [0, 0.05) is 11.6 Å². The number of benzene rings is 2. The number of nitrogens with two attached hydrogens (primary N) is 1. The smallest absolute Gasteiger partial charge is 0.123 e. The number of hydrogen-bond acceptors (Lipinski definition) is 4. The Balaban J connectivity index is 1.50. The van der Waals surface area contributed by atoms with E-state index in [0.29, 0.717) is 5.92 Å². The maximum atomic E-state index is 9.45. The van der Waals surface area contributed by atoms with E-state index in [9.17, 15) is 5.11 Å². The molecule has 0 amide bonds. The monoisotopic (exact) mass is 369 g/mol. The van der Waals surface area contributed by atoms with Gasteiger partial charge in [-0.1, -0.05) is 30.3 Å². The molecule has 0 heterocycles. The number of ether oxygens (including phenoxy) is 2. The number of aliphatic hydroxyl groups excluding tert-OH is 1. The average molecular weight is 370 g/mol. The third-order valence-electron chi connectivity index (χ3n) is 5.63. The van der Waals surface area contributed by atoms with E-state index >= 15 is 0 Å². The topological polar surface area (TPSA) is 64.7 Å². The summed E-state index contributed by atoms with van der Waals surface area (Å²) in [4.78, 5) is 0. The lowest BCUT2D eigenvalue weighted by atomic mass is 9.92. The molecule has 4 nitrogen and oxygen atoms in total. The molecule has 0 saturated heterocycles. The molecule has 2 aromatic carbocycles. The molecule has 0 unspecified atom stereocenters. The van der Waals surface area contributed by atoms with Crippen LogP contribution in [0.1, 0.15) is 49.7 Å². The summed E-state index contributed by atoms with van der Waals surface area (Å²) in [6, 6.07) is 16.6. The highest BCUT2D eigenvalue weighted by Gasteiger charge is 2.35. The molecule has 4 heteroatoms. The Morgan fingerprint density at radius 1 is 1.19 bits per heavy atom. The summed E-state index contributed by atoms with van der Waals surface area (Å²) >= 11 is 0. The minimum atomic E-state index is -0.393. The highest BCUT2D eigenvalue weighted by atomic mass is 16.5. The standard InChI is InChI=1S/C23H31NO3/c1-17(27-22-5-3-4-21(14-22)26-2)6-7-18-8-10-19(11-9-18)20-12-13-23(24,15-20)16-25/h3-5,8-11,14,17,20,25H,6-7,12-13,15-16,24H2,1-2H3/t17-,20+,23+/m0/s1. The zero-order valence-electron chi connectivity index (χ0n) is 16.4. The van der Waals surface area contributed by atoms with Gasteiger partial charge in [0.2, 0.25) is 0 Å². The van der Waals surface area contributed by atoms with Gasteiger partial charge in [-0.25, -0.2) is 0 Å². The third kappa shape index (κ3) is 5.24. The van der Waals surface area contributed by atoms with Gasteiger partial charge in [-0.3, -0.25) is 0 Å². The van der Waals surface area contributed by atoms with Gasteiger partial charge in [0.05, 0.1) is 19.8 Å². The molecule has 146 valence electrons. The number of rotatable bonds is 8. The Morgan fingerprint density at radius 2 is 1.93 bits per heavy atom. The quantitative estimate of drug-likeness (QED) is 0.737. The van der Waals surface area contributed by atoms with Crippen LogP contribution >= 0.6 is 0 Å². The van der Waals surface area contributed by atoms with Crippen molar-refractivity contribution in [1.29, 1.82) is 0 Å². The van der Waals surface area contributed by atoms with Gasteiger partial charge in [-0.05, 0) is 68.2 Å². The molecular weight excluding hydrogens is 338 g/mol. The van der Waals surface area contributed by atoms with Gasteiger partial charge in [0.1, 0.15) is 11.5 Å². The summed E-state index contributed by atoms with van der Waals surface area (Å²) in [6.45, 7) is 2.18. The summed E-state index contributed by atoms with van der Waals surface area (Å²) in [5.41, 5.74) is 8.47. The van der Waals surface area contributed by atoms with Gasteiger partial charge in [-0.2, -0.15) is 0 Å². The normalized spacial score (nSPS) is 23.2. The zero-order chi connectivity index (χ0) is 19.3. The van der Waals surface area contributed by atoms with Crippen LogP contribution in [0, 0.1) is 0 Å². The number of hydrogen-bond donors (Lipinski definition) is 2. The van der Waals surface area contributed by atoms with Gasteiger partial charge in [-0.15, -0.1) is 0 Å². The van der Waals surface area contributed by atoms with Crippen molar-refractivity contribution in [3.8, 4) is 11.5 Å². The Morgan fingerprint density at radius 3 is 2.59 bits per heavy atom. The fourth-order valence-electron chi connectivity index (χ4n) is 3.88. The summed E-state index contributed by atoms with van der Waals surface area (Å²) in [6.07, 6.45) is 4.89. The van der Waals surface area contributed by atoms with E-state index in [1.54, 1.807) is 7.11 Å². The predicted molar refractivity (Wildman–Crippen MR) is 108 cm³/mol. The van der Waals surface area contributed by atoms with Crippen LogP contribution < -0.4 is 15.2 Å². The zero-order valence-corrected chi connectivity index (χ0v) is 16.4. The maximum absolute atomic E-state index is 9.45. The molecule has 2 aromatic rings. The van der Waals surface area contributed by atoms with E-state index in [1.165, 1.54) is 11.1 Å². The molecule has 1 saturated carbocycles. The number of aryl methyl sites for hydroxylation is 1. The van der Waals surface area contributed by atoms with Crippen molar-refractivity contribution in [2.75, 3.05) is 13.7 Å².